The smallest absolute Gasteiger partial charge is 0.405 e. The molecule has 2 amide bonds. The molecule has 116 valence electrons. The van der Waals surface area contributed by atoms with Crippen molar-refractivity contribution < 1.29 is 19.5 Å². The van der Waals surface area contributed by atoms with Crippen LogP contribution in [0.4, 0.5) is 10.5 Å². The summed E-state index contributed by atoms with van der Waals surface area (Å²) in [7, 11) is 1.36. The standard InChI is InChI=1S/C14H21N3O4/c1-21-17(11-7-3-2-4-8-11)13(18)12(16-14(19)20)9-5-6-10-15/h2-4,7-8,12,16H,5-6,9-10,15H2,1H3,(H,19,20). The first-order valence-electron chi connectivity index (χ1n) is 6.72. The third-order valence-electron chi connectivity index (χ3n) is 2.92. The highest BCUT2D eigenvalue weighted by molar-refractivity contribution is 5.96. The van der Waals surface area contributed by atoms with E-state index in [1.165, 1.54) is 7.11 Å². The molecule has 4 N–H and O–H groups in total. The van der Waals surface area contributed by atoms with Crippen LogP contribution in [-0.2, 0) is 9.63 Å². The van der Waals surface area contributed by atoms with Crippen LogP contribution in [0.5, 0.6) is 0 Å². The van der Waals surface area contributed by atoms with E-state index in [2.05, 4.69) is 5.32 Å². The molecule has 1 atom stereocenters. The zero-order valence-electron chi connectivity index (χ0n) is 12.0. The predicted octanol–water partition coefficient (Wildman–Crippen LogP) is 1.35. The lowest BCUT2D eigenvalue weighted by molar-refractivity contribution is -0.127. The van der Waals surface area contributed by atoms with Gasteiger partial charge in [0.1, 0.15) is 6.04 Å². The highest BCUT2D eigenvalue weighted by atomic mass is 16.7. The fraction of sp³-hybridized carbons (Fsp3) is 0.429. The van der Waals surface area contributed by atoms with Crippen LogP contribution in [0.1, 0.15) is 19.3 Å². The summed E-state index contributed by atoms with van der Waals surface area (Å²) in [6.07, 6.45) is 0.503. The summed E-state index contributed by atoms with van der Waals surface area (Å²) in [6, 6.07) is 7.90. The van der Waals surface area contributed by atoms with Gasteiger partial charge in [-0.2, -0.15) is 5.06 Å². The van der Waals surface area contributed by atoms with Gasteiger partial charge in [0, 0.05) is 0 Å². The lowest BCUT2D eigenvalue weighted by Crippen LogP contribution is -2.48. The highest BCUT2D eigenvalue weighted by Gasteiger charge is 2.26. The summed E-state index contributed by atoms with van der Waals surface area (Å²) in [5.74, 6) is -0.455. The van der Waals surface area contributed by atoms with Gasteiger partial charge in [0.05, 0.1) is 12.8 Å². The van der Waals surface area contributed by atoms with Crippen molar-refractivity contribution in [3.05, 3.63) is 30.3 Å². The Hall–Kier alpha value is -2.12. The largest absolute Gasteiger partial charge is 0.465 e. The molecule has 0 bridgehead atoms. The number of para-hydroxylation sites is 1. The van der Waals surface area contributed by atoms with Crippen LogP contribution >= 0.6 is 0 Å². The molecule has 0 radical (unpaired) electrons. The van der Waals surface area contributed by atoms with Gasteiger partial charge in [-0.05, 0) is 37.9 Å². The Kier molecular flexibility index (Phi) is 7.20. The predicted molar refractivity (Wildman–Crippen MR) is 78.8 cm³/mol. The number of carbonyl (C=O) groups is 2. The van der Waals surface area contributed by atoms with Gasteiger partial charge in [-0.3, -0.25) is 9.63 Å². The van der Waals surface area contributed by atoms with E-state index in [9.17, 15) is 9.59 Å². The number of nitrogens with zero attached hydrogens (tertiary/aromatic N) is 1. The second kappa shape index (κ2) is 8.93. The third-order valence-corrected chi connectivity index (χ3v) is 2.92. The van der Waals surface area contributed by atoms with Crippen molar-refractivity contribution in [3.63, 3.8) is 0 Å². The number of unbranched alkanes of at least 4 members (excludes halogenated alkanes) is 1. The molecule has 1 aromatic carbocycles. The van der Waals surface area contributed by atoms with Crippen molar-refractivity contribution in [1.29, 1.82) is 0 Å². The number of nitrogens with one attached hydrogen (secondary N) is 1. The Balaban J connectivity index is 2.83. The number of rotatable bonds is 8. The molecule has 0 saturated heterocycles. The lowest BCUT2D eigenvalue weighted by Gasteiger charge is -2.25. The minimum absolute atomic E-state index is 0.370. The molecule has 0 saturated carbocycles. The van der Waals surface area contributed by atoms with Gasteiger partial charge in [0.2, 0.25) is 0 Å². The average Bonchev–Trinajstić information content (AvgIpc) is 2.48. The van der Waals surface area contributed by atoms with Crippen LogP contribution in [0.3, 0.4) is 0 Å². The molecule has 0 aliphatic carbocycles. The molecule has 1 aromatic rings. The van der Waals surface area contributed by atoms with E-state index >= 15 is 0 Å². The Bertz CT molecular complexity index is 453. The van der Waals surface area contributed by atoms with Crippen LogP contribution in [0, 0.1) is 0 Å². The number of carbonyl (C=O) groups excluding carboxylic acids is 1. The maximum Gasteiger partial charge on any atom is 0.405 e. The number of amides is 2. The fourth-order valence-electron chi connectivity index (χ4n) is 1.93. The topological polar surface area (TPSA) is 105 Å². The van der Waals surface area contributed by atoms with Gasteiger partial charge >= 0.3 is 6.09 Å². The Morgan fingerprint density at radius 3 is 2.52 bits per heavy atom. The lowest BCUT2D eigenvalue weighted by atomic mass is 10.1. The molecule has 0 aliphatic heterocycles. The maximum atomic E-state index is 12.4. The van der Waals surface area contributed by atoms with Crippen molar-refractivity contribution >= 4 is 17.7 Å². The zero-order chi connectivity index (χ0) is 15.7. The number of nitrogens with two attached hydrogens (primary N) is 1. The van der Waals surface area contributed by atoms with Crippen LogP contribution in [0.25, 0.3) is 0 Å². The normalized spacial score (nSPS) is 11.7. The highest BCUT2D eigenvalue weighted by Crippen LogP contribution is 2.16. The fourth-order valence-corrected chi connectivity index (χ4v) is 1.93. The zero-order valence-corrected chi connectivity index (χ0v) is 12.0. The number of benzene rings is 1. The summed E-state index contributed by atoms with van der Waals surface area (Å²) in [4.78, 5) is 28.4. The average molecular weight is 295 g/mol. The van der Waals surface area contributed by atoms with Gasteiger partial charge in [0.15, 0.2) is 0 Å². The second-order valence-corrected chi connectivity index (χ2v) is 4.44. The number of carboxylic acid groups (broad SMARTS) is 1. The summed E-state index contributed by atoms with van der Waals surface area (Å²) < 4.78 is 0. The summed E-state index contributed by atoms with van der Waals surface area (Å²) in [5, 5.41) is 12.2. The first-order chi connectivity index (χ1) is 10.1. The molecule has 7 nitrogen and oxygen atoms in total. The van der Waals surface area contributed by atoms with Gasteiger partial charge in [-0.25, -0.2) is 4.79 Å². The van der Waals surface area contributed by atoms with E-state index < -0.39 is 18.0 Å². The summed E-state index contributed by atoms with van der Waals surface area (Å²) >= 11 is 0. The minimum Gasteiger partial charge on any atom is -0.465 e. The van der Waals surface area contributed by atoms with E-state index in [0.29, 0.717) is 25.1 Å². The third kappa shape index (κ3) is 5.41. The summed E-state index contributed by atoms with van der Waals surface area (Å²) in [5.41, 5.74) is 5.95. The molecule has 0 fully saturated rings. The number of hydrogen-bond donors (Lipinski definition) is 3. The van der Waals surface area contributed by atoms with Gasteiger partial charge in [-0.1, -0.05) is 18.2 Å². The van der Waals surface area contributed by atoms with Crippen LogP contribution in [-0.4, -0.2) is 36.8 Å². The van der Waals surface area contributed by atoms with Gasteiger partial charge in [-0.15, -0.1) is 0 Å². The molecule has 1 rings (SSSR count). The second-order valence-electron chi connectivity index (χ2n) is 4.44. The number of hydroxylamine groups is 1. The van der Waals surface area contributed by atoms with E-state index in [1.807, 2.05) is 6.07 Å². The quantitative estimate of drug-likeness (QED) is 0.496. The van der Waals surface area contributed by atoms with E-state index in [1.54, 1.807) is 24.3 Å². The first-order valence-corrected chi connectivity index (χ1v) is 6.72. The molecular formula is C14H21N3O4. The monoisotopic (exact) mass is 295 g/mol. The minimum atomic E-state index is -1.25. The van der Waals surface area contributed by atoms with Gasteiger partial charge < -0.3 is 16.2 Å². The molecule has 0 heterocycles. The molecule has 7 heteroatoms. The van der Waals surface area contributed by atoms with E-state index in [4.69, 9.17) is 15.7 Å². The summed E-state index contributed by atoms with van der Waals surface area (Å²) in [6.45, 7) is 0.501. The van der Waals surface area contributed by atoms with E-state index in [0.717, 1.165) is 11.5 Å². The SMILES string of the molecule is CON(C(=O)C(CCCCN)NC(=O)O)c1ccccc1. The van der Waals surface area contributed by atoms with Crippen molar-refractivity contribution in [2.45, 2.75) is 25.3 Å². The molecule has 0 spiro atoms. The maximum absolute atomic E-state index is 12.4. The van der Waals surface area contributed by atoms with Gasteiger partial charge in [0.25, 0.3) is 5.91 Å². The molecule has 21 heavy (non-hydrogen) atoms. The number of hydrogen-bond acceptors (Lipinski definition) is 4. The molecule has 0 aromatic heterocycles. The first kappa shape index (κ1) is 16.9. The molecular weight excluding hydrogens is 274 g/mol. The van der Waals surface area contributed by atoms with Crippen LogP contribution in [0.2, 0.25) is 0 Å². The van der Waals surface area contributed by atoms with Crippen LogP contribution in [0.15, 0.2) is 30.3 Å². The van der Waals surface area contributed by atoms with Crippen molar-refractivity contribution in [1.82, 2.24) is 5.32 Å². The van der Waals surface area contributed by atoms with Crippen molar-refractivity contribution in [2.24, 2.45) is 5.73 Å². The van der Waals surface area contributed by atoms with Crippen molar-refractivity contribution in [2.75, 3.05) is 18.7 Å². The Morgan fingerprint density at radius 2 is 2.00 bits per heavy atom. The van der Waals surface area contributed by atoms with E-state index in [-0.39, 0.29) is 0 Å². The molecule has 1 unspecified atom stereocenters. The molecule has 0 aliphatic rings. The van der Waals surface area contributed by atoms with Crippen LogP contribution < -0.4 is 16.1 Å². The number of anilines is 1. The van der Waals surface area contributed by atoms with Crippen molar-refractivity contribution in [3.8, 4) is 0 Å². The Morgan fingerprint density at radius 1 is 1.33 bits per heavy atom. The Labute approximate surface area is 123 Å².